The summed E-state index contributed by atoms with van der Waals surface area (Å²) >= 11 is 3.96. The SMILES string of the molecule is C[Si](C)(C)CCOCN(COCC[Si](C)(C)C)c1c(Br)c(C2CCN(C(=O)O)CC2)nc2c(-c3ccc(-c4ccccc4)nc3)cnn12. The Labute approximate surface area is 294 Å². The zero-order valence-electron chi connectivity index (χ0n) is 29.1. The summed E-state index contributed by atoms with van der Waals surface area (Å²) in [4.78, 5) is 25.3. The Morgan fingerprint density at radius 2 is 1.54 bits per heavy atom. The lowest BCUT2D eigenvalue weighted by atomic mass is 9.93. The highest BCUT2D eigenvalue weighted by Gasteiger charge is 2.30. The van der Waals surface area contributed by atoms with E-state index >= 15 is 0 Å². The largest absolute Gasteiger partial charge is 0.465 e. The van der Waals surface area contributed by atoms with Crippen molar-refractivity contribution in [2.75, 3.05) is 44.7 Å². The molecule has 13 heteroatoms. The van der Waals surface area contributed by atoms with Gasteiger partial charge >= 0.3 is 6.09 Å². The third-order valence-corrected chi connectivity index (χ3v) is 12.8. The summed E-state index contributed by atoms with van der Waals surface area (Å²) in [6, 6.07) is 16.4. The highest BCUT2D eigenvalue weighted by molar-refractivity contribution is 9.10. The van der Waals surface area contributed by atoms with Gasteiger partial charge in [-0.15, -0.1) is 0 Å². The van der Waals surface area contributed by atoms with Gasteiger partial charge in [0.1, 0.15) is 13.5 Å². The number of pyridine rings is 1. The standard InChI is InChI=1S/C35H49BrN6O4Si2/c1-47(2,3)20-18-45-24-41(25-46-19-21-48(4,5)6)34-31(36)32(27-14-16-40(17-15-27)35(43)44)39-33-29(23-38-42(33)34)28-12-13-30(37-22-28)26-10-8-7-9-11-26/h7-13,22-23,27H,14-21,24-25H2,1-6H3,(H,43,44). The second kappa shape index (κ2) is 15.6. The lowest BCUT2D eigenvalue weighted by molar-refractivity contribution is 0.0940. The number of halogens is 1. The minimum atomic E-state index is -1.28. The number of anilines is 1. The Morgan fingerprint density at radius 1 is 0.917 bits per heavy atom. The molecule has 3 aromatic heterocycles. The number of aromatic nitrogens is 4. The number of carboxylic acid groups (broad SMARTS) is 1. The molecule has 1 saturated heterocycles. The number of piperidine rings is 1. The maximum Gasteiger partial charge on any atom is 0.407 e. The fourth-order valence-electron chi connectivity index (χ4n) is 5.67. The molecule has 258 valence electrons. The Bertz CT molecular complexity index is 1650. The lowest BCUT2D eigenvalue weighted by Crippen LogP contribution is -2.37. The molecule has 0 unspecified atom stereocenters. The fourth-order valence-corrected chi connectivity index (χ4v) is 8.01. The van der Waals surface area contributed by atoms with Gasteiger partial charge in [-0.1, -0.05) is 75.7 Å². The molecular weight excluding hydrogens is 704 g/mol. The maximum absolute atomic E-state index is 11.7. The van der Waals surface area contributed by atoms with Gasteiger partial charge in [0.15, 0.2) is 11.5 Å². The van der Waals surface area contributed by atoms with Crippen molar-refractivity contribution in [3.8, 4) is 22.4 Å². The van der Waals surface area contributed by atoms with E-state index in [1.165, 1.54) is 4.90 Å². The first-order chi connectivity index (χ1) is 22.8. The van der Waals surface area contributed by atoms with Gasteiger partial charge in [-0.3, -0.25) is 4.98 Å². The molecule has 5 rings (SSSR count). The van der Waals surface area contributed by atoms with E-state index < -0.39 is 22.2 Å². The highest BCUT2D eigenvalue weighted by atomic mass is 79.9. The number of rotatable bonds is 14. The van der Waals surface area contributed by atoms with Crippen molar-refractivity contribution >= 4 is 49.6 Å². The van der Waals surface area contributed by atoms with Crippen LogP contribution in [0.4, 0.5) is 10.6 Å². The summed E-state index contributed by atoms with van der Waals surface area (Å²) in [5.41, 5.74) is 5.36. The number of benzene rings is 1. The lowest BCUT2D eigenvalue weighted by Gasteiger charge is -2.32. The molecule has 0 spiro atoms. The fraction of sp³-hybridized carbons (Fsp3) is 0.486. The summed E-state index contributed by atoms with van der Waals surface area (Å²) in [6.45, 7) is 17.1. The van der Waals surface area contributed by atoms with Crippen LogP contribution in [0.2, 0.25) is 51.4 Å². The van der Waals surface area contributed by atoms with E-state index in [9.17, 15) is 9.90 Å². The molecule has 0 aliphatic carbocycles. The molecule has 1 aromatic carbocycles. The monoisotopic (exact) mass is 752 g/mol. The van der Waals surface area contributed by atoms with Crippen molar-refractivity contribution in [2.45, 2.75) is 70.1 Å². The van der Waals surface area contributed by atoms with Gasteiger partial charge in [-0.2, -0.15) is 9.61 Å². The predicted octanol–water partition coefficient (Wildman–Crippen LogP) is 8.51. The summed E-state index contributed by atoms with van der Waals surface area (Å²) in [5.74, 6) is 0.888. The summed E-state index contributed by atoms with van der Waals surface area (Å²) in [7, 11) is -2.56. The van der Waals surface area contributed by atoms with E-state index in [-0.39, 0.29) is 5.92 Å². The molecule has 0 saturated carbocycles. The van der Waals surface area contributed by atoms with Crippen LogP contribution in [0.5, 0.6) is 0 Å². The Hall–Kier alpha value is -3.11. The first-order valence-electron chi connectivity index (χ1n) is 16.8. The Kier molecular flexibility index (Phi) is 11.8. The first-order valence-corrected chi connectivity index (χ1v) is 25.0. The third-order valence-electron chi connectivity index (χ3n) is 8.67. The number of hydrogen-bond donors (Lipinski definition) is 1. The molecule has 10 nitrogen and oxygen atoms in total. The van der Waals surface area contributed by atoms with Crippen LogP contribution in [0.3, 0.4) is 0 Å². The van der Waals surface area contributed by atoms with E-state index in [2.05, 4.69) is 78.3 Å². The topological polar surface area (TPSA) is 105 Å². The second-order valence-electron chi connectivity index (χ2n) is 15.0. The molecule has 0 atom stereocenters. The molecule has 0 radical (unpaired) electrons. The van der Waals surface area contributed by atoms with Gasteiger partial charge in [0.25, 0.3) is 0 Å². The molecule has 1 amide bonds. The van der Waals surface area contributed by atoms with Crippen LogP contribution in [-0.4, -0.2) is 91.6 Å². The molecule has 1 aliphatic heterocycles. The average Bonchev–Trinajstić information content (AvgIpc) is 3.47. The molecule has 0 bridgehead atoms. The quantitative estimate of drug-likeness (QED) is 0.0777. The van der Waals surface area contributed by atoms with Crippen molar-refractivity contribution in [2.24, 2.45) is 0 Å². The number of hydrogen-bond acceptors (Lipinski definition) is 7. The Balaban J connectivity index is 1.55. The normalized spacial score (nSPS) is 14.5. The third kappa shape index (κ3) is 9.32. The summed E-state index contributed by atoms with van der Waals surface area (Å²) in [5, 5.41) is 14.5. The van der Waals surface area contributed by atoms with Gasteiger partial charge in [0, 0.05) is 71.3 Å². The van der Waals surface area contributed by atoms with Crippen molar-refractivity contribution in [1.82, 2.24) is 24.5 Å². The van der Waals surface area contributed by atoms with Crippen LogP contribution in [0.15, 0.2) is 59.3 Å². The molecule has 1 fully saturated rings. The molecule has 4 heterocycles. The van der Waals surface area contributed by atoms with E-state index in [1.807, 2.05) is 41.2 Å². The number of ether oxygens (including phenoxy) is 2. The van der Waals surface area contributed by atoms with E-state index in [4.69, 9.17) is 24.5 Å². The number of likely N-dealkylation sites (tertiary alicyclic amines) is 1. The number of fused-ring (bicyclic) bond motifs is 1. The van der Waals surface area contributed by atoms with Crippen LogP contribution < -0.4 is 4.90 Å². The van der Waals surface area contributed by atoms with Gasteiger partial charge in [-0.25, -0.2) is 9.78 Å². The molecule has 48 heavy (non-hydrogen) atoms. The number of amides is 1. The van der Waals surface area contributed by atoms with E-state index in [0.29, 0.717) is 58.3 Å². The summed E-state index contributed by atoms with van der Waals surface area (Å²) in [6.07, 6.45) is 4.22. The molecule has 1 N–H and O–H groups in total. The van der Waals surface area contributed by atoms with Gasteiger partial charge in [0.2, 0.25) is 0 Å². The van der Waals surface area contributed by atoms with Crippen molar-refractivity contribution < 1.29 is 19.4 Å². The zero-order chi connectivity index (χ0) is 34.5. The van der Waals surface area contributed by atoms with Crippen LogP contribution in [0.1, 0.15) is 24.5 Å². The van der Waals surface area contributed by atoms with Crippen molar-refractivity contribution in [3.63, 3.8) is 0 Å². The van der Waals surface area contributed by atoms with Gasteiger partial charge in [0.05, 0.1) is 22.1 Å². The van der Waals surface area contributed by atoms with Gasteiger partial charge < -0.3 is 24.4 Å². The predicted molar refractivity (Wildman–Crippen MR) is 201 cm³/mol. The van der Waals surface area contributed by atoms with Crippen LogP contribution in [-0.2, 0) is 9.47 Å². The minimum Gasteiger partial charge on any atom is -0.465 e. The average molecular weight is 754 g/mol. The number of nitrogens with zero attached hydrogens (tertiary/aromatic N) is 6. The van der Waals surface area contributed by atoms with Crippen LogP contribution in [0.25, 0.3) is 28.0 Å². The zero-order valence-corrected chi connectivity index (χ0v) is 32.7. The van der Waals surface area contributed by atoms with Crippen molar-refractivity contribution in [1.29, 1.82) is 0 Å². The van der Waals surface area contributed by atoms with Crippen LogP contribution in [0, 0.1) is 0 Å². The van der Waals surface area contributed by atoms with E-state index in [0.717, 1.165) is 50.5 Å². The number of carbonyl (C=O) groups is 1. The molecular formula is C35H49BrN6O4Si2. The maximum atomic E-state index is 11.7. The Morgan fingerprint density at radius 3 is 2.08 bits per heavy atom. The summed E-state index contributed by atoms with van der Waals surface area (Å²) < 4.78 is 15.4. The highest BCUT2D eigenvalue weighted by Crippen LogP contribution is 2.39. The second-order valence-corrected chi connectivity index (χ2v) is 27.0. The van der Waals surface area contributed by atoms with Crippen molar-refractivity contribution in [3.05, 3.63) is 65.0 Å². The van der Waals surface area contributed by atoms with Gasteiger partial charge in [-0.05, 0) is 46.9 Å². The smallest absolute Gasteiger partial charge is 0.407 e. The minimum absolute atomic E-state index is 0.0718. The van der Waals surface area contributed by atoms with E-state index in [1.54, 1.807) is 0 Å². The molecule has 1 aliphatic rings. The first kappa shape index (κ1) is 36.2. The molecule has 4 aromatic rings. The van der Waals surface area contributed by atoms with Crippen LogP contribution >= 0.6 is 15.9 Å².